The number of nitrogens with zero attached hydrogens (tertiary/aromatic N) is 1. The van der Waals surface area contributed by atoms with Crippen LogP contribution in [-0.4, -0.2) is 48.9 Å². The fourth-order valence-corrected chi connectivity index (χ4v) is 3.43. The second-order valence-corrected chi connectivity index (χ2v) is 6.70. The van der Waals surface area contributed by atoms with Gasteiger partial charge in [0.05, 0.1) is 6.04 Å². The normalized spacial score (nSPS) is 23.3. The Kier molecular flexibility index (Phi) is 9.37. The molecule has 0 aliphatic carbocycles. The van der Waals surface area contributed by atoms with Gasteiger partial charge in [0.1, 0.15) is 0 Å². The van der Waals surface area contributed by atoms with E-state index in [2.05, 4.69) is 24.5 Å². The quantitative estimate of drug-likeness (QED) is 0.717. The maximum atomic E-state index is 12.4. The molecule has 2 heterocycles. The first kappa shape index (κ1) is 21.0. The second-order valence-electron chi connectivity index (χ2n) is 6.70. The van der Waals surface area contributed by atoms with Gasteiger partial charge in [-0.15, -0.1) is 12.4 Å². The van der Waals surface area contributed by atoms with Gasteiger partial charge in [-0.05, 0) is 51.0 Å². The van der Waals surface area contributed by atoms with Gasteiger partial charge in [0, 0.05) is 25.7 Å². The van der Waals surface area contributed by atoms with Crippen LogP contribution in [0.15, 0.2) is 11.6 Å². The summed E-state index contributed by atoms with van der Waals surface area (Å²) in [6, 6.07) is -0.0177. The van der Waals surface area contributed by atoms with Gasteiger partial charge < -0.3 is 15.5 Å². The van der Waals surface area contributed by atoms with Crippen molar-refractivity contribution >= 4 is 24.2 Å². The summed E-state index contributed by atoms with van der Waals surface area (Å²) in [5, 5.41) is 6.28. The average molecular weight is 358 g/mol. The molecule has 0 bridgehead atoms. The van der Waals surface area contributed by atoms with Crippen molar-refractivity contribution in [3.8, 4) is 0 Å². The van der Waals surface area contributed by atoms with Gasteiger partial charge in [0.15, 0.2) is 0 Å². The van der Waals surface area contributed by atoms with E-state index in [1.165, 1.54) is 5.57 Å². The monoisotopic (exact) mass is 357 g/mol. The number of amides is 2. The van der Waals surface area contributed by atoms with Crippen LogP contribution < -0.4 is 10.6 Å². The molecule has 2 aliphatic heterocycles. The van der Waals surface area contributed by atoms with Gasteiger partial charge in [0.25, 0.3) is 0 Å². The summed E-state index contributed by atoms with van der Waals surface area (Å²) >= 11 is 0. The van der Waals surface area contributed by atoms with E-state index in [1.54, 1.807) is 0 Å². The lowest BCUT2D eigenvalue weighted by Crippen LogP contribution is -2.46. The summed E-state index contributed by atoms with van der Waals surface area (Å²) in [6.07, 6.45) is 7.79. The molecule has 0 aromatic heterocycles. The van der Waals surface area contributed by atoms with Crippen molar-refractivity contribution in [1.82, 2.24) is 15.5 Å². The third-order valence-electron chi connectivity index (χ3n) is 5.01. The Morgan fingerprint density at radius 2 is 1.96 bits per heavy atom. The molecular formula is C18H32ClN3O2. The van der Waals surface area contributed by atoms with Crippen molar-refractivity contribution in [2.75, 3.05) is 26.2 Å². The van der Waals surface area contributed by atoms with Crippen LogP contribution in [-0.2, 0) is 9.59 Å². The lowest BCUT2D eigenvalue weighted by Gasteiger charge is -2.32. The minimum absolute atomic E-state index is 0. The maximum absolute atomic E-state index is 12.4. The van der Waals surface area contributed by atoms with Crippen molar-refractivity contribution < 1.29 is 9.59 Å². The van der Waals surface area contributed by atoms with Crippen LogP contribution in [0.3, 0.4) is 0 Å². The molecule has 0 saturated carbocycles. The third kappa shape index (κ3) is 6.10. The largest absolute Gasteiger partial charge is 0.354 e. The number of piperidine rings is 1. The van der Waals surface area contributed by atoms with Gasteiger partial charge in [-0.2, -0.15) is 0 Å². The molecule has 0 aromatic rings. The lowest BCUT2D eigenvalue weighted by atomic mass is 9.97. The number of hydrogen-bond donors (Lipinski definition) is 2. The van der Waals surface area contributed by atoms with Crippen LogP contribution in [0, 0.1) is 5.92 Å². The van der Waals surface area contributed by atoms with E-state index in [4.69, 9.17) is 0 Å². The summed E-state index contributed by atoms with van der Waals surface area (Å²) in [6.45, 7) is 7.40. The first-order valence-electron chi connectivity index (χ1n) is 9.13. The van der Waals surface area contributed by atoms with Crippen LogP contribution >= 0.6 is 12.4 Å². The number of rotatable bonds is 6. The van der Waals surface area contributed by atoms with E-state index in [0.29, 0.717) is 12.5 Å². The molecule has 138 valence electrons. The van der Waals surface area contributed by atoms with Crippen molar-refractivity contribution in [2.45, 2.75) is 58.4 Å². The van der Waals surface area contributed by atoms with Gasteiger partial charge >= 0.3 is 0 Å². The average Bonchev–Trinajstić information content (AvgIpc) is 3.12. The van der Waals surface area contributed by atoms with Crippen molar-refractivity contribution in [3.63, 3.8) is 0 Å². The topological polar surface area (TPSA) is 61.4 Å². The molecule has 5 nitrogen and oxygen atoms in total. The highest BCUT2D eigenvalue weighted by Gasteiger charge is 2.25. The minimum Gasteiger partial charge on any atom is -0.354 e. The molecule has 2 atom stereocenters. The fourth-order valence-electron chi connectivity index (χ4n) is 3.43. The number of carbonyl (C=O) groups is 2. The standard InChI is InChI=1S/C18H31N3O2.ClH/c1-3-14(4-2)11-17(22)21-10-6-7-15(13-21)12-20-18(23)16-8-5-9-19-16;/h11,15-16,19H,3-10,12-13H2,1-2H3,(H,20,23);1H. The number of likely N-dealkylation sites (tertiary alicyclic amines) is 1. The van der Waals surface area contributed by atoms with Crippen molar-refractivity contribution in [1.29, 1.82) is 0 Å². The molecule has 2 N–H and O–H groups in total. The molecule has 2 amide bonds. The highest BCUT2D eigenvalue weighted by atomic mass is 35.5. The molecule has 2 rings (SSSR count). The van der Waals surface area contributed by atoms with Gasteiger partial charge in [-0.1, -0.05) is 19.4 Å². The first-order chi connectivity index (χ1) is 11.1. The molecule has 0 radical (unpaired) electrons. The lowest BCUT2D eigenvalue weighted by molar-refractivity contribution is -0.127. The zero-order chi connectivity index (χ0) is 16.7. The number of carbonyl (C=O) groups excluding carboxylic acids is 2. The number of allylic oxidation sites excluding steroid dienone is 1. The summed E-state index contributed by atoms with van der Waals surface area (Å²) in [5.41, 5.74) is 1.21. The zero-order valence-electron chi connectivity index (χ0n) is 15.0. The van der Waals surface area contributed by atoms with E-state index >= 15 is 0 Å². The predicted octanol–water partition coefficient (Wildman–Crippen LogP) is 2.26. The molecule has 0 aromatic carbocycles. The maximum Gasteiger partial charge on any atom is 0.246 e. The van der Waals surface area contributed by atoms with E-state index in [-0.39, 0.29) is 30.3 Å². The highest BCUT2D eigenvalue weighted by molar-refractivity contribution is 5.88. The molecular weight excluding hydrogens is 326 g/mol. The highest BCUT2D eigenvalue weighted by Crippen LogP contribution is 2.17. The fraction of sp³-hybridized carbons (Fsp3) is 0.778. The zero-order valence-corrected chi connectivity index (χ0v) is 15.8. The van der Waals surface area contributed by atoms with Crippen LogP contribution in [0.1, 0.15) is 52.4 Å². The molecule has 2 fully saturated rings. The number of nitrogens with one attached hydrogen (secondary N) is 2. The number of hydrogen-bond acceptors (Lipinski definition) is 3. The molecule has 0 spiro atoms. The molecule has 24 heavy (non-hydrogen) atoms. The number of halogens is 1. The van der Waals surface area contributed by atoms with Crippen LogP contribution in [0.2, 0.25) is 0 Å². The molecule has 2 aliphatic rings. The van der Waals surface area contributed by atoms with Crippen LogP contribution in [0.25, 0.3) is 0 Å². The second kappa shape index (κ2) is 10.7. The summed E-state index contributed by atoms with van der Waals surface area (Å²) in [5.74, 6) is 0.625. The van der Waals surface area contributed by atoms with Gasteiger partial charge in [-0.25, -0.2) is 0 Å². The van der Waals surface area contributed by atoms with Crippen LogP contribution in [0.5, 0.6) is 0 Å². The summed E-state index contributed by atoms with van der Waals surface area (Å²) in [7, 11) is 0. The molecule has 6 heteroatoms. The Hall–Kier alpha value is -1.07. The Bertz CT molecular complexity index is 442. The van der Waals surface area contributed by atoms with Crippen molar-refractivity contribution in [2.24, 2.45) is 5.92 Å². The van der Waals surface area contributed by atoms with E-state index in [1.807, 2.05) is 11.0 Å². The Labute approximate surface area is 152 Å². The van der Waals surface area contributed by atoms with Crippen LogP contribution in [0.4, 0.5) is 0 Å². The Morgan fingerprint density at radius 3 is 2.58 bits per heavy atom. The Morgan fingerprint density at radius 1 is 1.21 bits per heavy atom. The van der Waals surface area contributed by atoms with E-state index in [0.717, 1.165) is 58.2 Å². The summed E-state index contributed by atoms with van der Waals surface area (Å²) < 4.78 is 0. The van der Waals surface area contributed by atoms with Gasteiger partial charge in [0.2, 0.25) is 11.8 Å². The van der Waals surface area contributed by atoms with Crippen molar-refractivity contribution in [3.05, 3.63) is 11.6 Å². The minimum atomic E-state index is -0.0177. The predicted molar refractivity (Wildman–Crippen MR) is 99.3 cm³/mol. The smallest absolute Gasteiger partial charge is 0.246 e. The SMILES string of the molecule is CCC(=CC(=O)N1CCCC(CNC(=O)C2CCCN2)C1)CC.Cl. The third-order valence-corrected chi connectivity index (χ3v) is 5.01. The van der Waals surface area contributed by atoms with E-state index in [9.17, 15) is 9.59 Å². The summed E-state index contributed by atoms with van der Waals surface area (Å²) in [4.78, 5) is 26.4. The van der Waals surface area contributed by atoms with E-state index < -0.39 is 0 Å². The molecule has 2 unspecified atom stereocenters. The van der Waals surface area contributed by atoms with Gasteiger partial charge in [-0.3, -0.25) is 9.59 Å². The Balaban J connectivity index is 0.00000288. The first-order valence-corrected chi connectivity index (χ1v) is 9.13. The molecule has 2 saturated heterocycles.